The largest absolute Gasteiger partial charge is 0.502 e. The average molecular weight is 482 g/mol. The minimum absolute atomic E-state index is 0.0485. The molecule has 1 aliphatic carbocycles. The van der Waals surface area contributed by atoms with Gasteiger partial charge >= 0.3 is 0 Å². The number of amides is 1. The van der Waals surface area contributed by atoms with Gasteiger partial charge in [0.15, 0.2) is 11.4 Å². The molecule has 2 aliphatic heterocycles. The first-order valence-electron chi connectivity index (χ1n) is 11.0. The van der Waals surface area contributed by atoms with Crippen LogP contribution in [0.2, 0.25) is 0 Å². The smallest absolute Gasteiger partial charge is 0.278 e. The summed E-state index contributed by atoms with van der Waals surface area (Å²) in [4.78, 5) is 28.1. The number of rotatable bonds is 2. The van der Waals surface area contributed by atoms with E-state index < -0.39 is 41.9 Å². The van der Waals surface area contributed by atoms with Gasteiger partial charge in [-0.05, 0) is 22.8 Å². The Labute approximate surface area is 198 Å². The Bertz CT molecular complexity index is 1320. The third-order valence-corrected chi connectivity index (χ3v) is 7.98. The predicted octanol–water partition coefficient (Wildman–Crippen LogP) is 4.10. The number of aromatic hydroxyl groups is 1. The number of thioether (sulfide) groups is 1. The van der Waals surface area contributed by atoms with Crippen molar-refractivity contribution in [3.63, 3.8) is 0 Å². The molecular formula is C25H21F2N3O3S. The van der Waals surface area contributed by atoms with Gasteiger partial charge in [-0.25, -0.2) is 8.78 Å². The highest BCUT2D eigenvalue weighted by Crippen LogP contribution is 2.45. The van der Waals surface area contributed by atoms with Gasteiger partial charge in [0.1, 0.15) is 6.67 Å². The summed E-state index contributed by atoms with van der Waals surface area (Å²) in [5.74, 6) is -3.34. The predicted molar refractivity (Wildman–Crippen MR) is 124 cm³/mol. The first-order chi connectivity index (χ1) is 16.3. The van der Waals surface area contributed by atoms with Crippen molar-refractivity contribution in [1.29, 1.82) is 0 Å². The molecule has 3 aromatic rings. The van der Waals surface area contributed by atoms with Crippen molar-refractivity contribution >= 4 is 17.7 Å². The standard InChI is InChI=1S/C25H21F2N3O3S/c26-25(27)11-16(12-25)28-14-30(29-10-9-19(31)23(32)22(29)24(28)33)21-17-6-2-1-5-15(17)13-34-20-8-4-3-7-18(20)21/h1-10,16,21,32H,11-14H2. The quantitative estimate of drug-likeness (QED) is 0.597. The summed E-state index contributed by atoms with van der Waals surface area (Å²) in [7, 11) is 0. The van der Waals surface area contributed by atoms with Crippen LogP contribution in [0.4, 0.5) is 8.78 Å². The molecule has 9 heteroatoms. The number of alkyl halides is 2. The molecule has 1 amide bonds. The van der Waals surface area contributed by atoms with E-state index in [4.69, 9.17) is 0 Å². The second-order valence-electron chi connectivity index (χ2n) is 8.92. The molecule has 1 unspecified atom stereocenters. The highest BCUT2D eigenvalue weighted by atomic mass is 32.2. The Balaban J connectivity index is 1.56. The summed E-state index contributed by atoms with van der Waals surface area (Å²) in [6.07, 6.45) is 0.613. The zero-order valence-corrected chi connectivity index (χ0v) is 18.8. The van der Waals surface area contributed by atoms with Crippen LogP contribution < -0.4 is 10.4 Å². The lowest BCUT2D eigenvalue weighted by Crippen LogP contribution is -2.62. The molecule has 1 fully saturated rings. The van der Waals surface area contributed by atoms with Crippen LogP contribution in [-0.2, 0) is 5.75 Å². The molecule has 174 valence electrons. The third kappa shape index (κ3) is 3.21. The Morgan fingerprint density at radius 2 is 1.68 bits per heavy atom. The van der Waals surface area contributed by atoms with E-state index in [1.807, 2.05) is 47.5 Å². The van der Waals surface area contributed by atoms with Gasteiger partial charge in [0.05, 0.1) is 6.04 Å². The maximum atomic E-state index is 13.8. The van der Waals surface area contributed by atoms with E-state index in [-0.39, 0.29) is 18.4 Å². The van der Waals surface area contributed by atoms with Crippen molar-refractivity contribution in [3.8, 4) is 5.75 Å². The molecule has 6 rings (SSSR count). The second-order valence-corrected chi connectivity index (χ2v) is 9.94. The van der Waals surface area contributed by atoms with Gasteiger partial charge in [0.2, 0.25) is 5.43 Å². The summed E-state index contributed by atoms with van der Waals surface area (Å²) in [5.41, 5.74) is 2.28. The molecule has 1 atom stereocenters. The topological polar surface area (TPSA) is 65.8 Å². The van der Waals surface area contributed by atoms with Crippen molar-refractivity contribution in [2.24, 2.45) is 0 Å². The highest BCUT2D eigenvalue weighted by molar-refractivity contribution is 7.98. The Kier molecular flexibility index (Phi) is 4.74. The number of nitrogens with zero attached hydrogens (tertiary/aromatic N) is 3. The van der Waals surface area contributed by atoms with E-state index in [0.717, 1.165) is 27.3 Å². The third-order valence-electron chi connectivity index (χ3n) is 6.85. The number of benzene rings is 2. The summed E-state index contributed by atoms with van der Waals surface area (Å²) in [5, 5.41) is 12.5. The van der Waals surface area contributed by atoms with Crippen LogP contribution in [0, 0.1) is 0 Å². The van der Waals surface area contributed by atoms with Crippen LogP contribution in [-0.4, -0.2) is 39.2 Å². The van der Waals surface area contributed by atoms with Gasteiger partial charge < -0.3 is 10.0 Å². The van der Waals surface area contributed by atoms with Crippen LogP contribution in [0.5, 0.6) is 5.75 Å². The number of aromatic nitrogens is 1. The zero-order valence-electron chi connectivity index (χ0n) is 18.0. The summed E-state index contributed by atoms with van der Waals surface area (Å²) >= 11 is 1.71. The van der Waals surface area contributed by atoms with E-state index in [9.17, 15) is 23.5 Å². The van der Waals surface area contributed by atoms with Crippen molar-refractivity contribution in [2.45, 2.75) is 41.5 Å². The number of carbonyl (C=O) groups excluding carboxylic acids is 1. The van der Waals surface area contributed by atoms with Crippen molar-refractivity contribution < 1.29 is 18.7 Å². The zero-order chi connectivity index (χ0) is 23.6. The lowest BCUT2D eigenvalue weighted by atomic mass is 9.86. The first-order valence-corrected chi connectivity index (χ1v) is 12.0. The van der Waals surface area contributed by atoms with Gasteiger partial charge in [-0.15, -0.1) is 11.8 Å². The van der Waals surface area contributed by atoms with Crippen molar-refractivity contribution in [2.75, 3.05) is 11.7 Å². The number of pyridine rings is 1. The highest BCUT2D eigenvalue weighted by Gasteiger charge is 2.51. The van der Waals surface area contributed by atoms with Gasteiger partial charge in [-0.1, -0.05) is 42.5 Å². The van der Waals surface area contributed by atoms with E-state index in [1.165, 1.54) is 21.8 Å². The van der Waals surface area contributed by atoms with E-state index in [0.29, 0.717) is 0 Å². The number of halogens is 2. The minimum atomic E-state index is -2.82. The molecule has 1 aromatic heterocycles. The number of hydrogen-bond donors (Lipinski definition) is 1. The van der Waals surface area contributed by atoms with E-state index >= 15 is 0 Å². The number of fused-ring (bicyclic) bond motifs is 3. The summed E-state index contributed by atoms with van der Waals surface area (Å²) in [6, 6.07) is 16.2. The Hall–Kier alpha value is -3.33. The van der Waals surface area contributed by atoms with E-state index in [1.54, 1.807) is 11.8 Å². The molecule has 6 nitrogen and oxygen atoms in total. The first kappa shape index (κ1) is 21.2. The Morgan fingerprint density at radius 1 is 0.971 bits per heavy atom. The van der Waals surface area contributed by atoms with E-state index in [2.05, 4.69) is 6.07 Å². The van der Waals surface area contributed by atoms with Gasteiger partial charge in [0, 0.05) is 41.8 Å². The number of hydrogen-bond acceptors (Lipinski definition) is 5. The fourth-order valence-electron chi connectivity index (χ4n) is 5.11. The lowest BCUT2D eigenvalue weighted by Gasteiger charge is -2.49. The fraction of sp³-hybridized carbons (Fsp3) is 0.280. The molecule has 0 spiro atoms. The van der Waals surface area contributed by atoms with Gasteiger partial charge in [0.25, 0.3) is 11.8 Å². The van der Waals surface area contributed by atoms with Crippen LogP contribution in [0.25, 0.3) is 0 Å². The number of carbonyl (C=O) groups is 1. The van der Waals surface area contributed by atoms with Crippen LogP contribution in [0.1, 0.15) is 46.1 Å². The molecule has 1 N–H and O–H groups in total. The molecule has 1 saturated carbocycles. The molecule has 0 saturated heterocycles. The normalized spacial score (nSPS) is 21.2. The molecule has 0 bridgehead atoms. The molecular weight excluding hydrogens is 460 g/mol. The molecule has 2 aromatic carbocycles. The molecule has 34 heavy (non-hydrogen) atoms. The average Bonchev–Trinajstić information content (AvgIpc) is 2.97. The maximum absolute atomic E-state index is 13.8. The second kappa shape index (κ2) is 7.59. The van der Waals surface area contributed by atoms with Crippen LogP contribution in [0.3, 0.4) is 0 Å². The maximum Gasteiger partial charge on any atom is 0.278 e. The summed E-state index contributed by atoms with van der Waals surface area (Å²) in [6.45, 7) is 0.0485. The van der Waals surface area contributed by atoms with Gasteiger partial charge in [-0.2, -0.15) is 0 Å². The molecule has 3 aliphatic rings. The monoisotopic (exact) mass is 481 g/mol. The van der Waals surface area contributed by atoms with Crippen LogP contribution >= 0.6 is 11.8 Å². The minimum Gasteiger partial charge on any atom is -0.502 e. The van der Waals surface area contributed by atoms with Gasteiger partial charge in [-0.3, -0.25) is 19.3 Å². The van der Waals surface area contributed by atoms with Crippen molar-refractivity contribution in [1.82, 2.24) is 9.58 Å². The Morgan fingerprint density at radius 3 is 2.44 bits per heavy atom. The SMILES string of the molecule is O=C1c2c(O)c(=O)ccn2N(C2c3ccccc3CSc3ccccc32)CN1C1CC(F)(F)C1. The summed E-state index contributed by atoms with van der Waals surface area (Å²) < 4.78 is 29.0. The van der Waals surface area contributed by atoms with Crippen LogP contribution in [0.15, 0.2) is 70.5 Å². The molecule has 0 radical (unpaired) electrons. The fourth-order valence-corrected chi connectivity index (χ4v) is 6.20. The van der Waals surface area contributed by atoms with Crippen molar-refractivity contribution in [3.05, 3.63) is 93.4 Å². The lowest BCUT2D eigenvalue weighted by molar-refractivity contribution is -0.118. The molecule has 3 heterocycles.